The van der Waals surface area contributed by atoms with Crippen LogP contribution in [0.4, 0.5) is 0 Å². The monoisotopic (exact) mass is 412 g/mol. The van der Waals surface area contributed by atoms with Crippen LogP contribution in [0.25, 0.3) is 0 Å². The molecule has 126 valence electrons. The van der Waals surface area contributed by atoms with Crippen LogP contribution in [0.1, 0.15) is 25.7 Å². The molecule has 22 heavy (non-hydrogen) atoms. The van der Waals surface area contributed by atoms with E-state index in [4.69, 9.17) is 10.5 Å². The molecule has 1 aromatic carbocycles. The highest BCUT2D eigenvalue weighted by molar-refractivity contribution is 9.10. The lowest BCUT2D eigenvalue weighted by molar-refractivity contribution is 0.296. The van der Waals surface area contributed by atoms with Crippen molar-refractivity contribution in [3.05, 3.63) is 22.7 Å². The average molecular weight is 414 g/mol. The number of halogens is 2. The maximum atomic E-state index is 12.5. The summed E-state index contributed by atoms with van der Waals surface area (Å²) in [5.74, 6) is 0.711. The van der Waals surface area contributed by atoms with Crippen molar-refractivity contribution in [1.82, 2.24) is 4.72 Å². The molecule has 0 amide bonds. The molecule has 2 rings (SSSR count). The Morgan fingerprint density at radius 2 is 2.05 bits per heavy atom. The molecule has 0 aromatic heterocycles. The summed E-state index contributed by atoms with van der Waals surface area (Å²) < 4.78 is 33.7. The van der Waals surface area contributed by atoms with Gasteiger partial charge >= 0.3 is 0 Å². The third-order valence-corrected chi connectivity index (χ3v) is 6.09. The van der Waals surface area contributed by atoms with E-state index in [1.807, 2.05) is 0 Å². The van der Waals surface area contributed by atoms with Crippen LogP contribution in [0.15, 0.2) is 27.6 Å². The van der Waals surface area contributed by atoms with Crippen molar-refractivity contribution in [2.24, 2.45) is 11.7 Å². The first-order valence-corrected chi connectivity index (χ1v) is 9.31. The molecule has 2 unspecified atom stereocenters. The highest BCUT2D eigenvalue weighted by Crippen LogP contribution is 2.29. The van der Waals surface area contributed by atoms with Crippen LogP contribution in [0.2, 0.25) is 0 Å². The first-order chi connectivity index (χ1) is 9.97. The lowest BCUT2D eigenvalue weighted by atomic mass is 9.85. The van der Waals surface area contributed by atoms with Crippen LogP contribution in [-0.4, -0.2) is 28.1 Å². The summed E-state index contributed by atoms with van der Waals surface area (Å²) in [5, 5.41) is 0. The summed E-state index contributed by atoms with van der Waals surface area (Å²) in [6.45, 7) is 0.511. The molecule has 0 radical (unpaired) electrons. The van der Waals surface area contributed by atoms with Crippen molar-refractivity contribution in [3.8, 4) is 5.75 Å². The third-order valence-electron chi connectivity index (χ3n) is 3.95. The second kappa shape index (κ2) is 8.49. The van der Waals surface area contributed by atoms with Gasteiger partial charge in [-0.3, -0.25) is 0 Å². The molecule has 5 nitrogen and oxygen atoms in total. The van der Waals surface area contributed by atoms with Gasteiger partial charge in [-0.05, 0) is 53.4 Å². The van der Waals surface area contributed by atoms with Crippen molar-refractivity contribution in [1.29, 1.82) is 0 Å². The molecule has 1 saturated carbocycles. The summed E-state index contributed by atoms with van der Waals surface area (Å²) >= 11 is 3.32. The van der Waals surface area contributed by atoms with Gasteiger partial charge in [0.15, 0.2) is 0 Å². The molecule has 0 heterocycles. The summed E-state index contributed by atoms with van der Waals surface area (Å²) in [6.07, 6.45) is 3.97. The fourth-order valence-corrected chi connectivity index (χ4v) is 4.48. The van der Waals surface area contributed by atoms with Crippen molar-refractivity contribution in [2.45, 2.75) is 36.6 Å². The number of benzene rings is 1. The van der Waals surface area contributed by atoms with Gasteiger partial charge in [0.05, 0.1) is 16.5 Å². The Bertz CT molecular complexity index is 598. The number of hydrogen-bond donors (Lipinski definition) is 2. The largest absolute Gasteiger partial charge is 0.496 e. The van der Waals surface area contributed by atoms with Gasteiger partial charge in [0.1, 0.15) is 5.75 Å². The third kappa shape index (κ3) is 4.58. The number of sulfonamides is 1. The molecule has 1 aliphatic rings. The second-order valence-corrected chi connectivity index (χ2v) is 7.87. The molecule has 1 aromatic rings. The summed E-state index contributed by atoms with van der Waals surface area (Å²) in [7, 11) is -2.05. The zero-order valence-corrected chi connectivity index (χ0v) is 15.6. The minimum Gasteiger partial charge on any atom is -0.496 e. The normalized spacial score (nSPS) is 22.0. The molecule has 8 heteroatoms. The number of hydrogen-bond acceptors (Lipinski definition) is 4. The Morgan fingerprint density at radius 1 is 1.36 bits per heavy atom. The van der Waals surface area contributed by atoms with Gasteiger partial charge < -0.3 is 10.5 Å². The molecule has 2 atom stereocenters. The average Bonchev–Trinajstić information content (AvgIpc) is 2.47. The number of nitrogens with one attached hydrogen (secondary N) is 1. The van der Waals surface area contributed by atoms with Gasteiger partial charge in [0.25, 0.3) is 0 Å². The van der Waals surface area contributed by atoms with Crippen molar-refractivity contribution < 1.29 is 13.2 Å². The molecule has 3 N–H and O–H groups in total. The molecule has 0 saturated heterocycles. The molecular weight excluding hydrogens is 392 g/mol. The van der Waals surface area contributed by atoms with E-state index in [9.17, 15) is 8.42 Å². The number of nitrogens with two attached hydrogens (primary N) is 1. The molecule has 0 spiro atoms. The zero-order chi connectivity index (χ0) is 15.5. The molecule has 1 aliphatic carbocycles. The fraction of sp³-hybridized carbons (Fsp3) is 0.571. The fourth-order valence-electron chi connectivity index (χ4n) is 2.72. The number of methoxy groups -OCH3 is 1. The minimum absolute atomic E-state index is 0. The maximum Gasteiger partial charge on any atom is 0.240 e. The SMILES string of the molecule is COc1cc(S(=O)(=O)NC2CCCCC2CN)ccc1Br.Cl. The summed E-state index contributed by atoms with van der Waals surface area (Å²) in [4.78, 5) is 0.212. The minimum atomic E-state index is -3.56. The highest BCUT2D eigenvalue weighted by atomic mass is 79.9. The van der Waals surface area contributed by atoms with E-state index < -0.39 is 10.0 Å². The van der Waals surface area contributed by atoms with Crippen molar-refractivity contribution in [3.63, 3.8) is 0 Å². The van der Waals surface area contributed by atoms with E-state index in [0.717, 1.165) is 30.2 Å². The second-order valence-electron chi connectivity index (χ2n) is 5.30. The Balaban J connectivity index is 0.00000242. The quantitative estimate of drug-likeness (QED) is 0.777. The summed E-state index contributed by atoms with van der Waals surface area (Å²) in [5.41, 5.74) is 5.76. The van der Waals surface area contributed by atoms with E-state index in [1.54, 1.807) is 12.1 Å². The van der Waals surface area contributed by atoms with Crippen molar-refractivity contribution >= 4 is 38.4 Å². The lowest BCUT2D eigenvalue weighted by Gasteiger charge is -2.31. The van der Waals surface area contributed by atoms with Crippen LogP contribution in [0.5, 0.6) is 5.75 Å². The molecule has 0 aliphatic heterocycles. The maximum absolute atomic E-state index is 12.5. The van der Waals surface area contributed by atoms with E-state index >= 15 is 0 Å². The van der Waals surface area contributed by atoms with Crippen LogP contribution in [0, 0.1) is 5.92 Å². The van der Waals surface area contributed by atoms with Gasteiger partial charge in [-0.25, -0.2) is 13.1 Å². The van der Waals surface area contributed by atoms with E-state index in [1.165, 1.54) is 13.2 Å². The molecule has 0 bridgehead atoms. The topological polar surface area (TPSA) is 81.4 Å². The van der Waals surface area contributed by atoms with E-state index in [2.05, 4.69) is 20.7 Å². The first-order valence-electron chi connectivity index (χ1n) is 7.04. The van der Waals surface area contributed by atoms with E-state index in [0.29, 0.717) is 12.3 Å². The van der Waals surface area contributed by atoms with Crippen LogP contribution < -0.4 is 15.2 Å². The van der Waals surface area contributed by atoms with Gasteiger partial charge in [0.2, 0.25) is 10.0 Å². The Hall–Kier alpha value is -0.340. The van der Waals surface area contributed by atoms with Crippen molar-refractivity contribution in [2.75, 3.05) is 13.7 Å². The Labute approximate surface area is 146 Å². The van der Waals surface area contributed by atoms with Gasteiger partial charge in [-0.1, -0.05) is 12.8 Å². The van der Waals surface area contributed by atoms with Gasteiger partial charge in [0, 0.05) is 12.1 Å². The predicted molar refractivity (Wildman–Crippen MR) is 93.1 cm³/mol. The van der Waals surface area contributed by atoms with Crippen LogP contribution >= 0.6 is 28.3 Å². The molecule has 1 fully saturated rings. The highest BCUT2D eigenvalue weighted by Gasteiger charge is 2.28. The Morgan fingerprint density at radius 3 is 2.68 bits per heavy atom. The van der Waals surface area contributed by atoms with Crippen LogP contribution in [0.3, 0.4) is 0 Å². The first kappa shape index (κ1) is 19.7. The van der Waals surface area contributed by atoms with Gasteiger partial charge in [-0.2, -0.15) is 0 Å². The lowest BCUT2D eigenvalue weighted by Crippen LogP contribution is -2.44. The number of ether oxygens (including phenoxy) is 1. The summed E-state index contributed by atoms with van der Waals surface area (Å²) in [6, 6.07) is 4.68. The Kier molecular flexibility index (Phi) is 7.61. The number of rotatable bonds is 5. The van der Waals surface area contributed by atoms with Crippen LogP contribution in [-0.2, 0) is 10.0 Å². The predicted octanol–water partition coefficient (Wildman–Crippen LogP) is 2.68. The smallest absolute Gasteiger partial charge is 0.240 e. The van der Waals surface area contributed by atoms with E-state index in [-0.39, 0.29) is 29.3 Å². The molecular formula is C14H22BrClN2O3S. The van der Waals surface area contributed by atoms with Gasteiger partial charge in [-0.15, -0.1) is 12.4 Å². The standard InChI is InChI=1S/C14H21BrN2O3S.ClH/c1-20-14-8-11(6-7-12(14)15)21(18,19)17-13-5-3-2-4-10(13)9-16;/h6-8,10,13,17H,2-5,9,16H2,1H3;1H. The zero-order valence-electron chi connectivity index (χ0n) is 12.4.